The number of urea groups is 1. The van der Waals surface area contributed by atoms with Gasteiger partial charge in [-0.25, -0.2) is 14.8 Å². The normalized spacial score (nSPS) is 12.8. The summed E-state index contributed by atoms with van der Waals surface area (Å²) in [6.07, 6.45) is 0.690. The largest absolute Gasteiger partial charge is 0.494 e. The Morgan fingerprint density at radius 2 is 1.84 bits per heavy atom. The van der Waals surface area contributed by atoms with Crippen molar-refractivity contribution in [2.75, 3.05) is 37.5 Å². The third kappa shape index (κ3) is 4.60. The van der Waals surface area contributed by atoms with Crippen LogP contribution in [0.2, 0.25) is 0 Å². The number of carbonyl (C=O) groups is 1. The van der Waals surface area contributed by atoms with E-state index in [4.69, 9.17) is 14.7 Å². The van der Waals surface area contributed by atoms with Crippen molar-refractivity contribution < 1.29 is 9.53 Å². The molecule has 0 atom stereocenters. The lowest BCUT2D eigenvalue weighted by molar-refractivity contribution is 0.206. The average Bonchev–Trinajstić information content (AvgIpc) is 2.80. The molecule has 1 aliphatic heterocycles. The molecule has 1 aromatic heterocycles. The molecule has 2 amide bonds. The van der Waals surface area contributed by atoms with Gasteiger partial charge in [0.25, 0.3) is 0 Å². The van der Waals surface area contributed by atoms with Crippen LogP contribution in [0.25, 0.3) is 11.4 Å². The summed E-state index contributed by atoms with van der Waals surface area (Å²) in [7, 11) is 3.94. The molecule has 0 fully saturated rings. The van der Waals surface area contributed by atoms with Crippen molar-refractivity contribution in [1.29, 1.82) is 0 Å². The summed E-state index contributed by atoms with van der Waals surface area (Å²) in [4.78, 5) is 26.3. The zero-order valence-corrected chi connectivity index (χ0v) is 18.1. The van der Waals surface area contributed by atoms with Crippen molar-refractivity contribution in [3.05, 3.63) is 65.9 Å². The van der Waals surface area contributed by atoms with Crippen molar-refractivity contribution in [3.63, 3.8) is 0 Å². The number of hydrogen-bond acceptors (Lipinski definition) is 5. The van der Waals surface area contributed by atoms with E-state index >= 15 is 0 Å². The summed E-state index contributed by atoms with van der Waals surface area (Å²) in [5.41, 5.74) is 3.73. The Morgan fingerprint density at radius 3 is 2.52 bits per heavy atom. The maximum Gasteiger partial charge on any atom is 0.322 e. The van der Waals surface area contributed by atoms with E-state index in [1.807, 2.05) is 80.5 Å². The van der Waals surface area contributed by atoms with Crippen LogP contribution in [0.4, 0.5) is 16.3 Å². The molecule has 3 aromatic rings. The number of benzene rings is 2. The molecule has 7 nitrogen and oxygen atoms in total. The van der Waals surface area contributed by atoms with Gasteiger partial charge in [-0.1, -0.05) is 30.3 Å². The van der Waals surface area contributed by atoms with E-state index in [1.165, 1.54) is 0 Å². The topological polar surface area (TPSA) is 70.6 Å². The van der Waals surface area contributed by atoms with Crippen molar-refractivity contribution in [2.45, 2.75) is 19.9 Å². The summed E-state index contributed by atoms with van der Waals surface area (Å²) >= 11 is 0. The molecule has 0 radical (unpaired) electrons. The number of aromatic nitrogens is 2. The summed E-state index contributed by atoms with van der Waals surface area (Å²) < 4.78 is 5.46. The van der Waals surface area contributed by atoms with Gasteiger partial charge in [0.2, 0.25) is 0 Å². The van der Waals surface area contributed by atoms with Gasteiger partial charge in [-0.2, -0.15) is 0 Å². The zero-order chi connectivity index (χ0) is 21.8. The molecule has 0 spiro atoms. The van der Waals surface area contributed by atoms with E-state index in [2.05, 4.69) is 5.32 Å². The van der Waals surface area contributed by atoms with Crippen LogP contribution in [0.1, 0.15) is 18.2 Å². The number of nitrogens with one attached hydrogen (secondary N) is 1. The van der Waals surface area contributed by atoms with Gasteiger partial charge in [0, 0.05) is 43.9 Å². The van der Waals surface area contributed by atoms with Crippen LogP contribution in [0.5, 0.6) is 5.75 Å². The van der Waals surface area contributed by atoms with Gasteiger partial charge in [0.15, 0.2) is 5.82 Å². The highest BCUT2D eigenvalue weighted by atomic mass is 16.5. The van der Waals surface area contributed by atoms with Crippen LogP contribution in [-0.4, -0.2) is 48.1 Å². The van der Waals surface area contributed by atoms with Gasteiger partial charge in [-0.3, -0.25) is 0 Å². The maximum atomic E-state index is 12.9. The highest BCUT2D eigenvalue weighted by molar-refractivity contribution is 5.89. The minimum Gasteiger partial charge on any atom is -0.494 e. The predicted octanol–water partition coefficient (Wildman–Crippen LogP) is 4.20. The molecule has 4 rings (SSSR count). The van der Waals surface area contributed by atoms with E-state index in [0.717, 1.165) is 39.9 Å². The number of fused-ring (bicyclic) bond motifs is 1. The minimum atomic E-state index is -0.133. The van der Waals surface area contributed by atoms with Crippen molar-refractivity contribution in [1.82, 2.24) is 14.9 Å². The van der Waals surface area contributed by atoms with Crippen LogP contribution in [0, 0.1) is 0 Å². The fraction of sp³-hybridized carbons (Fsp3) is 0.292. The lowest BCUT2D eigenvalue weighted by Crippen LogP contribution is -2.40. The molecule has 0 aliphatic carbocycles. The summed E-state index contributed by atoms with van der Waals surface area (Å²) in [5.74, 6) is 2.35. The maximum absolute atomic E-state index is 12.9. The number of hydrogen-bond donors (Lipinski definition) is 1. The second kappa shape index (κ2) is 9.04. The predicted molar refractivity (Wildman–Crippen MR) is 123 cm³/mol. The highest BCUT2D eigenvalue weighted by Gasteiger charge is 2.26. The number of anilines is 2. The third-order valence-electron chi connectivity index (χ3n) is 5.20. The Hall–Kier alpha value is -3.61. The Labute approximate surface area is 182 Å². The number of amides is 2. The first-order valence-corrected chi connectivity index (χ1v) is 10.5. The van der Waals surface area contributed by atoms with E-state index in [1.54, 1.807) is 4.90 Å². The van der Waals surface area contributed by atoms with Crippen LogP contribution < -0.4 is 15.0 Å². The van der Waals surface area contributed by atoms with Crippen LogP contribution >= 0.6 is 0 Å². The summed E-state index contributed by atoms with van der Waals surface area (Å²) in [6, 6.07) is 17.3. The molecule has 1 aliphatic rings. The second-order valence-electron chi connectivity index (χ2n) is 7.62. The monoisotopic (exact) mass is 417 g/mol. The first-order chi connectivity index (χ1) is 15.0. The van der Waals surface area contributed by atoms with Gasteiger partial charge < -0.3 is 19.9 Å². The van der Waals surface area contributed by atoms with E-state index in [9.17, 15) is 4.79 Å². The van der Waals surface area contributed by atoms with Crippen molar-refractivity contribution in [3.8, 4) is 17.1 Å². The van der Waals surface area contributed by atoms with Crippen LogP contribution in [-0.2, 0) is 13.0 Å². The summed E-state index contributed by atoms with van der Waals surface area (Å²) in [6.45, 7) is 3.63. The lowest BCUT2D eigenvalue weighted by Gasteiger charge is -2.31. The van der Waals surface area contributed by atoms with Gasteiger partial charge in [-0.05, 0) is 31.2 Å². The van der Waals surface area contributed by atoms with Gasteiger partial charge in [-0.15, -0.1) is 0 Å². The SMILES string of the molecule is CCOc1ccc(NC(=O)N2CCc3nc(-c4ccccc4)nc(N(C)C)c3C2)cc1. The molecule has 0 unspecified atom stereocenters. The first-order valence-electron chi connectivity index (χ1n) is 10.5. The Balaban J connectivity index is 1.54. The molecule has 0 saturated heterocycles. The Bertz CT molecular complexity index is 1050. The van der Waals surface area contributed by atoms with Crippen molar-refractivity contribution >= 4 is 17.5 Å². The fourth-order valence-corrected chi connectivity index (χ4v) is 3.66. The fourth-order valence-electron chi connectivity index (χ4n) is 3.66. The van der Waals surface area contributed by atoms with Gasteiger partial charge in [0.1, 0.15) is 11.6 Å². The van der Waals surface area contributed by atoms with Gasteiger partial charge >= 0.3 is 6.03 Å². The quantitative estimate of drug-likeness (QED) is 0.674. The van der Waals surface area contributed by atoms with Crippen LogP contribution in [0.15, 0.2) is 54.6 Å². The number of carbonyl (C=O) groups excluding carboxylic acids is 1. The summed E-state index contributed by atoms with van der Waals surface area (Å²) in [5, 5.41) is 2.97. The van der Waals surface area contributed by atoms with E-state index < -0.39 is 0 Å². The minimum absolute atomic E-state index is 0.133. The average molecular weight is 418 g/mol. The number of ether oxygens (including phenoxy) is 1. The Morgan fingerprint density at radius 1 is 1.10 bits per heavy atom. The highest BCUT2D eigenvalue weighted by Crippen LogP contribution is 2.29. The molecule has 160 valence electrons. The molecule has 2 heterocycles. The Kier molecular flexibility index (Phi) is 6.02. The molecular weight excluding hydrogens is 390 g/mol. The first kappa shape index (κ1) is 20.7. The molecule has 2 aromatic carbocycles. The molecule has 7 heteroatoms. The number of rotatable bonds is 5. The lowest BCUT2D eigenvalue weighted by atomic mass is 10.1. The molecule has 0 saturated carbocycles. The smallest absolute Gasteiger partial charge is 0.322 e. The van der Waals surface area contributed by atoms with Crippen LogP contribution in [0.3, 0.4) is 0 Å². The molecule has 1 N–H and O–H groups in total. The molecule has 31 heavy (non-hydrogen) atoms. The van der Waals surface area contributed by atoms with Gasteiger partial charge in [0.05, 0.1) is 18.8 Å². The van der Waals surface area contributed by atoms with Crippen molar-refractivity contribution in [2.24, 2.45) is 0 Å². The third-order valence-corrected chi connectivity index (χ3v) is 5.20. The second-order valence-corrected chi connectivity index (χ2v) is 7.62. The molecule has 0 bridgehead atoms. The van der Waals surface area contributed by atoms with E-state index in [-0.39, 0.29) is 6.03 Å². The van der Waals surface area contributed by atoms with E-state index in [0.29, 0.717) is 26.1 Å². The standard InChI is InChI=1S/C24H27N5O2/c1-4-31-19-12-10-18(11-13-19)25-24(30)29-15-14-21-20(16-29)23(28(2)3)27-22(26-21)17-8-6-5-7-9-17/h5-13H,4,14-16H2,1-3H3,(H,25,30). The zero-order valence-electron chi connectivity index (χ0n) is 18.1. The number of nitrogens with zero attached hydrogens (tertiary/aromatic N) is 4. The molecular formula is C24H27N5O2.